The number of rotatable bonds is 6. The molecule has 2 N–H and O–H groups in total. The van der Waals surface area contributed by atoms with E-state index in [0.717, 1.165) is 5.75 Å². The van der Waals surface area contributed by atoms with Crippen LogP contribution in [-0.2, 0) is 4.79 Å². The van der Waals surface area contributed by atoms with Crippen LogP contribution >= 0.6 is 11.8 Å². The number of nitrogens with one attached hydrogen (secondary N) is 2. The van der Waals surface area contributed by atoms with Crippen LogP contribution in [0.2, 0.25) is 0 Å². The Bertz CT molecular complexity index is 189. The number of carbonyl (C=O) groups is 1. The van der Waals surface area contributed by atoms with Gasteiger partial charge in [-0.3, -0.25) is 4.79 Å². The van der Waals surface area contributed by atoms with Crippen molar-refractivity contribution in [3.05, 3.63) is 0 Å². The molecule has 0 rings (SSSR count). The van der Waals surface area contributed by atoms with E-state index in [2.05, 4.69) is 16.6 Å². The van der Waals surface area contributed by atoms with Gasteiger partial charge < -0.3 is 10.6 Å². The standard InChI is InChI=1S/C9H16N2OS/c1-4-6-13-7-5-11-9(12)8(2)10-3/h1,8,10H,5-7H2,2-3H3,(H,11,12). The molecule has 74 valence electrons. The Morgan fingerprint density at radius 3 is 2.92 bits per heavy atom. The largest absolute Gasteiger partial charge is 0.354 e. The van der Waals surface area contributed by atoms with Gasteiger partial charge in [-0.2, -0.15) is 0 Å². The number of carbonyl (C=O) groups excluding carboxylic acids is 1. The van der Waals surface area contributed by atoms with Gasteiger partial charge in [-0.1, -0.05) is 5.92 Å². The molecule has 1 amide bonds. The maximum atomic E-state index is 11.2. The molecule has 3 nitrogen and oxygen atoms in total. The lowest BCUT2D eigenvalue weighted by Crippen LogP contribution is -2.41. The summed E-state index contributed by atoms with van der Waals surface area (Å²) >= 11 is 1.64. The molecule has 1 atom stereocenters. The molecule has 0 radical (unpaired) electrons. The molecule has 4 heteroatoms. The zero-order valence-corrected chi connectivity index (χ0v) is 8.91. The number of thioether (sulfide) groups is 1. The van der Waals surface area contributed by atoms with E-state index in [1.807, 2.05) is 6.92 Å². The van der Waals surface area contributed by atoms with Crippen LogP contribution in [0.1, 0.15) is 6.92 Å². The van der Waals surface area contributed by atoms with Crippen LogP contribution in [0.3, 0.4) is 0 Å². The van der Waals surface area contributed by atoms with Crippen LogP contribution in [0.25, 0.3) is 0 Å². The van der Waals surface area contributed by atoms with Gasteiger partial charge in [0.05, 0.1) is 11.8 Å². The van der Waals surface area contributed by atoms with Crippen LogP contribution in [-0.4, -0.2) is 37.0 Å². The Morgan fingerprint density at radius 1 is 1.69 bits per heavy atom. The summed E-state index contributed by atoms with van der Waals surface area (Å²) in [5.74, 6) is 4.13. The van der Waals surface area contributed by atoms with Gasteiger partial charge >= 0.3 is 0 Å². The first-order valence-electron chi connectivity index (χ1n) is 4.18. The van der Waals surface area contributed by atoms with Crippen molar-refractivity contribution in [2.75, 3.05) is 25.1 Å². The van der Waals surface area contributed by atoms with Gasteiger partial charge in [0.15, 0.2) is 0 Å². The predicted molar refractivity (Wildman–Crippen MR) is 57.7 cm³/mol. The third kappa shape index (κ3) is 6.50. The smallest absolute Gasteiger partial charge is 0.236 e. The van der Waals surface area contributed by atoms with E-state index in [-0.39, 0.29) is 11.9 Å². The number of terminal acetylenes is 1. The molecule has 0 aliphatic rings. The minimum Gasteiger partial charge on any atom is -0.354 e. The molecule has 13 heavy (non-hydrogen) atoms. The SMILES string of the molecule is C#CCSCCNC(=O)C(C)NC. The molecule has 0 aromatic carbocycles. The van der Waals surface area contributed by atoms with Crippen LogP contribution in [0.4, 0.5) is 0 Å². The Hall–Kier alpha value is -0.660. The molecule has 0 aliphatic carbocycles. The van der Waals surface area contributed by atoms with Gasteiger partial charge in [0.2, 0.25) is 5.91 Å². The summed E-state index contributed by atoms with van der Waals surface area (Å²) in [5, 5.41) is 5.67. The van der Waals surface area contributed by atoms with Gasteiger partial charge in [0.1, 0.15) is 0 Å². The molecule has 0 aromatic heterocycles. The van der Waals surface area contributed by atoms with E-state index >= 15 is 0 Å². The van der Waals surface area contributed by atoms with Crippen molar-refractivity contribution in [1.29, 1.82) is 0 Å². The van der Waals surface area contributed by atoms with Crippen LogP contribution in [0.15, 0.2) is 0 Å². The second kappa shape index (κ2) is 7.96. The highest BCUT2D eigenvalue weighted by Gasteiger charge is 2.07. The second-order valence-corrected chi connectivity index (χ2v) is 3.66. The fraction of sp³-hybridized carbons (Fsp3) is 0.667. The normalized spacial score (nSPS) is 11.8. The molecule has 1 unspecified atom stereocenters. The van der Waals surface area contributed by atoms with Gasteiger partial charge in [0, 0.05) is 12.3 Å². The van der Waals surface area contributed by atoms with Crippen molar-refractivity contribution < 1.29 is 4.79 Å². The lowest BCUT2D eigenvalue weighted by atomic mass is 10.3. The molecular formula is C9H16N2OS. The van der Waals surface area contributed by atoms with E-state index in [1.54, 1.807) is 18.8 Å². The third-order valence-corrected chi connectivity index (χ3v) is 2.42. The molecule has 0 bridgehead atoms. The second-order valence-electron chi connectivity index (χ2n) is 2.56. The molecule has 0 saturated heterocycles. The Kier molecular flexibility index (Phi) is 7.56. The summed E-state index contributed by atoms with van der Waals surface area (Å²) < 4.78 is 0. The lowest BCUT2D eigenvalue weighted by molar-refractivity contribution is -0.122. The van der Waals surface area contributed by atoms with E-state index in [9.17, 15) is 4.79 Å². The zero-order valence-electron chi connectivity index (χ0n) is 8.09. The summed E-state index contributed by atoms with van der Waals surface area (Å²) in [7, 11) is 1.76. The highest BCUT2D eigenvalue weighted by atomic mass is 32.2. The monoisotopic (exact) mass is 200 g/mol. The molecule has 0 aromatic rings. The van der Waals surface area contributed by atoms with E-state index in [1.165, 1.54) is 0 Å². The minimum atomic E-state index is -0.127. The maximum absolute atomic E-state index is 11.2. The molecular weight excluding hydrogens is 184 g/mol. The lowest BCUT2D eigenvalue weighted by Gasteiger charge is -2.10. The molecule has 0 saturated carbocycles. The van der Waals surface area contributed by atoms with Crippen molar-refractivity contribution in [2.45, 2.75) is 13.0 Å². The summed E-state index contributed by atoms with van der Waals surface area (Å²) in [6.45, 7) is 2.50. The molecule has 0 spiro atoms. The first kappa shape index (κ1) is 12.3. The van der Waals surface area contributed by atoms with E-state index in [0.29, 0.717) is 12.3 Å². The Morgan fingerprint density at radius 2 is 2.38 bits per heavy atom. The minimum absolute atomic E-state index is 0.0313. The fourth-order valence-corrected chi connectivity index (χ4v) is 1.17. The number of amides is 1. The quantitative estimate of drug-likeness (QED) is 0.471. The zero-order chi connectivity index (χ0) is 10.1. The maximum Gasteiger partial charge on any atom is 0.236 e. The summed E-state index contributed by atoms with van der Waals surface area (Å²) in [4.78, 5) is 11.2. The van der Waals surface area contributed by atoms with Gasteiger partial charge in [0.25, 0.3) is 0 Å². The average molecular weight is 200 g/mol. The van der Waals surface area contributed by atoms with Crippen LogP contribution in [0.5, 0.6) is 0 Å². The number of likely N-dealkylation sites (N-methyl/N-ethyl adjacent to an activating group) is 1. The van der Waals surface area contributed by atoms with E-state index in [4.69, 9.17) is 6.42 Å². The highest BCUT2D eigenvalue weighted by Crippen LogP contribution is 1.95. The van der Waals surface area contributed by atoms with Crippen molar-refractivity contribution in [2.24, 2.45) is 0 Å². The van der Waals surface area contributed by atoms with Crippen LogP contribution in [0, 0.1) is 12.3 Å². The highest BCUT2D eigenvalue weighted by molar-refractivity contribution is 7.99. The van der Waals surface area contributed by atoms with Gasteiger partial charge in [-0.25, -0.2) is 0 Å². The van der Waals surface area contributed by atoms with Crippen molar-refractivity contribution in [3.8, 4) is 12.3 Å². The van der Waals surface area contributed by atoms with Gasteiger partial charge in [-0.05, 0) is 14.0 Å². The molecule has 0 aliphatic heterocycles. The van der Waals surface area contributed by atoms with Crippen LogP contribution < -0.4 is 10.6 Å². The summed E-state index contributed by atoms with van der Waals surface area (Å²) in [5.41, 5.74) is 0. The van der Waals surface area contributed by atoms with Crippen molar-refractivity contribution >= 4 is 17.7 Å². The molecule has 0 fully saturated rings. The number of hydrogen-bond acceptors (Lipinski definition) is 3. The predicted octanol–water partition coefficient (Wildman–Crippen LogP) is 0.0769. The topological polar surface area (TPSA) is 41.1 Å². The van der Waals surface area contributed by atoms with E-state index < -0.39 is 0 Å². The van der Waals surface area contributed by atoms with Crippen molar-refractivity contribution in [1.82, 2.24) is 10.6 Å². The van der Waals surface area contributed by atoms with Gasteiger partial charge in [-0.15, -0.1) is 18.2 Å². The first-order valence-corrected chi connectivity index (χ1v) is 5.34. The third-order valence-electron chi connectivity index (χ3n) is 1.56. The Balaban J connectivity index is 3.33. The fourth-order valence-electron chi connectivity index (χ4n) is 0.662. The summed E-state index contributed by atoms with van der Waals surface area (Å²) in [6.07, 6.45) is 5.07. The number of hydrogen-bond donors (Lipinski definition) is 2. The summed E-state index contributed by atoms with van der Waals surface area (Å²) in [6, 6.07) is -0.127. The first-order chi connectivity index (χ1) is 6.22. The average Bonchev–Trinajstić information content (AvgIpc) is 2.16. The Labute approximate surface area is 84.0 Å². The molecule has 0 heterocycles. The van der Waals surface area contributed by atoms with Crippen molar-refractivity contribution in [3.63, 3.8) is 0 Å².